The lowest BCUT2D eigenvalue weighted by Gasteiger charge is -2.32. The van der Waals surface area contributed by atoms with Gasteiger partial charge in [-0.05, 0) is 30.0 Å². The quantitative estimate of drug-likeness (QED) is 0.762. The maximum atomic E-state index is 13.8. The molecule has 1 unspecified atom stereocenters. The zero-order valence-electron chi connectivity index (χ0n) is 15.4. The van der Waals surface area contributed by atoms with Crippen molar-refractivity contribution in [3.8, 4) is 0 Å². The standard InChI is InChI=1S/C22H26O3S/c1-3-5-15-22(4-2)16-26(24,25)19-14-10-9-13-18(19)20(21(22)23)17-11-7-6-8-12-17/h6-14,20H,3-5,15-16H2,1-2H3/t20?,22-/m1/s1. The average Bonchev–Trinajstić information content (AvgIpc) is 2.73. The van der Waals surface area contributed by atoms with Crippen LogP contribution in [0.25, 0.3) is 0 Å². The van der Waals surface area contributed by atoms with E-state index in [1.54, 1.807) is 18.2 Å². The summed E-state index contributed by atoms with van der Waals surface area (Å²) in [4.78, 5) is 14.1. The summed E-state index contributed by atoms with van der Waals surface area (Å²) in [5.41, 5.74) is 0.667. The van der Waals surface area contributed by atoms with Crippen LogP contribution in [0.15, 0.2) is 59.5 Å². The number of sulfone groups is 1. The fourth-order valence-corrected chi connectivity index (χ4v) is 6.31. The van der Waals surface area contributed by atoms with Crippen LogP contribution in [0.3, 0.4) is 0 Å². The van der Waals surface area contributed by atoms with E-state index in [1.807, 2.05) is 43.3 Å². The number of hydrogen-bond donors (Lipinski definition) is 0. The van der Waals surface area contributed by atoms with Crippen LogP contribution in [-0.4, -0.2) is 20.0 Å². The number of benzene rings is 2. The molecule has 2 aromatic carbocycles. The normalized spacial score (nSPS) is 24.7. The van der Waals surface area contributed by atoms with Gasteiger partial charge in [0.05, 0.1) is 16.6 Å². The highest BCUT2D eigenvalue weighted by Crippen LogP contribution is 2.45. The first-order valence-electron chi connectivity index (χ1n) is 9.36. The molecule has 1 aliphatic rings. The molecule has 3 rings (SSSR count). The molecule has 0 fully saturated rings. The SMILES string of the molecule is CCCC[C@]1(CC)CS(=O)(=O)c2ccccc2C(c2ccccc2)C1=O. The van der Waals surface area contributed by atoms with E-state index in [-0.39, 0.29) is 11.5 Å². The molecule has 138 valence electrons. The molecular weight excluding hydrogens is 344 g/mol. The molecule has 0 spiro atoms. The molecule has 1 heterocycles. The lowest BCUT2D eigenvalue weighted by Crippen LogP contribution is -2.38. The maximum absolute atomic E-state index is 13.8. The second-order valence-corrected chi connectivity index (χ2v) is 9.20. The molecule has 0 saturated heterocycles. The number of unbranched alkanes of at least 4 members (excludes halogenated alkanes) is 1. The summed E-state index contributed by atoms with van der Waals surface area (Å²) in [6.45, 7) is 4.02. The Balaban J connectivity index is 2.27. The molecule has 2 aromatic rings. The molecule has 0 N–H and O–H groups in total. The summed E-state index contributed by atoms with van der Waals surface area (Å²) in [6, 6.07) is 16.6. The van der Waals surface area contributed by atoms with Crippen molar-refractivity contribution < 1.29 is 13.2 Å². The van der Waals surface area contributed by atoms with E-state index in [2.05, 4.69) is 6.92 Å². The number of fused-ring (bicyclic) bond motifs is 1. The first kappa shape index (κ1) is 18.8. The van der Waals surface area contributed by atoms with Crippen LogP contribution in [-0.2, 0) is 14.6 Å². The van der Waals surface area contributed by atoms with Crippen LogP contribution < -0.4 is 0 Å². The van der Waals surface area contributed by atoms with Gasteiger partial charge in [-0.2, -0.15) is 0 Å². The fourth-order valence-electron chi connectivity index (χ4n) is 4.10. The molecule has 0 aliphatic carbocycles. The van der Waals surface area contributed by atoms with Crippen molar-refractivity contribution in [2.45, 2.75) is 50.3 Å². The Labute approximate surface area is 156 Å². The third kappa shape index (κ3) is 3.23. The first-order valence-corrected chi connectivity index (χ1v) is 11.0. The molecule has 4 heteroatoms. The van der Waals surface area contributed by atoms with Gasteiger partial charge in [0.1, 0.15) is 0 Å². The maximum Gasteiger partial charge on any atom is 0.179 e. The van der Waals surface area contributed by atoms with Gasteiger partial charge in [0.2, 0.25) is 0 Å². The molecule has 26 heavy (non-hydrogen) atoms. The molecular formula is C22H26O3S. The second kappa shape index (κ2) is 7.36. The predicted octanol–water partition coefficient (Wildman–Crippen LogP) is 4.76. The van der Waals surface area contributed by atoms with Crippen molar-refractivity contribution >= 4 is 15.6 Å². The van der Waals surface area contributed by atoms with E-state index in [0.717, 1.165) is 18.4 Å². The van der Waals surface area contributed by atoms with Gasteiger partial charge >= 0.3 is 0 Å². The molecule has 2 atom stereocenters. The molecule has 0 bridgehead atoms. The summed E-state index contributed by atoms with van der Waals surface area (Å²) in [5, 5.41) is 0. The zero-order valence-corrected chi connectivity index (χ0v) is 16.3. The minimum Gasteiger partial charge on any atom is -0.298 e. The van der Waals surface area contributed by atoms with Crippen LogP contribution >= 0.6 is 0 Å². The Morgan fingerprint density at radius 1 is 1.00 bits per heavy atom. The third-order valence-electron chi connectivity index (χ3n) is 5.63. The Kier molecular flexibility index (Phi) is 5.33. The highest BCUT2D eigenvalue weighted by atomic mass is 32.2. The first-order chi connectivity index (χ1) is 12.4. The molecule has 0 aromatic heterocycles. The lowest BCUT2D eigenvalue weighted by molar-refractivity contribution is -0.129. The number of carbonyl (C=O) groups excluding carboxylic acids is 1. The van der Waals surface area contributed by atoms with Crippen LogP contribution in [0.2, 0.25) is 0 Å². The van der Waals surface area contributed by atoms with E-state index in [9.17, 15) is 13.2 Å². The van der Waals surface area contributed by atoms with Crippen molar-refractivity contribution in [1.29, 1.82) is 0 Å². The topological polar surface area (TPSA) is 51.2 Å². The summed E-state index contributed by atoms with van der Waals surface area (Å²) in [5.74, 6) is -0.565. The van der Waals surface area contributed by atoms with Crippen molar-refractivity contribution in [2.75, 3.05) is 5.75 Å². The van der Waals surface area contributed by atoms with E-state index in [1.165, 1.54) is 0 Å². The number of carbonyl (C=O) groups is 1. The molecule has 1 aliphatic heterocycles. The van der Waals surface area contributed by atoms with E-state index in [0.29, 0.717) is 23.3 Å². The van der Waals surface area contributed by atoms with Crippen LogP contribution in [0.4, 0.5) is 0 Å². The Bertz CT molecular complexity index is 887. The van der Waals surface area contributed by atoms with Gasteiger partial charge in [-0.15, -0.1) is 0 Å². The number of Topliss-reactive ketones (excluding diaryl/α,β-unsaturated/α-hetero) is 1. The van der Waals surface area contributed by atoms with E-state index in [4.69, 9.17) is 0 Å². The van der Waals surface area contributed by atoms with Gasteiger partial charge in [-0.1, -0.05) is 75.2 Å². The largest absolute Gasteiger partial charge is 0.298 e. The van der Waals surface area contributed by atoms with Crippen molar-refractivity contribution in [1.82, 2.24) is 0 Å². The highest BCUT2D eigenvalue weighted by molar-refractivity contribution is 7.91. The zero-order chi connectivity index (χ0) is 18.8. The lowest BCUT2D eigenvalue weighted by atomic mass is 9.70. The highest BCUT2D eigenvalue weighted by Gasteiger charge is 2.48. The summed E-state index contributed by atoms with van der Waals surface area (Å²) < 4.78 is 26.4. The Hall–Kier alpha value is -1.94. The molecule has 0 saturated carbocycles. The number of ketones is 1. The van der Waals surface area contributed by atoms with Crippen molar-refractivity contribution in [3.05, 3.63) is 65.7 Å². The average molecular weight is 371 g/mol. The van der Waals surface area contributed by atoms with E-state index >= 15 is 0 Å². The van der Waals surface area contributed by atoms with Crippen LogP contribution in [0.5, 0.6) is 0 Å². The van der Waals surface area contributed by atoms with Crippen molar-refractivity contribution in [3.63, 3.8) is 0 Å². The minimum atomic E-state index is -3.52. The monoisotopic (exact) mass is 370 g/mol. The van der Waals surface area contributed by atoms with Gasteiger partial charge in [0, 0.05) is 5.41 Å². The van der Waals surface area contributed by atoms with Gasteiger partial charge in [0.15, 0.2) is 15.6 Å². The van der Waals surface area contributed by atoms with E-state index < -0.39 is 21.2 Å². The summed E-state index contributed by atoms with van der Waals surface area (Å²) >= 11 is 0. The van der Waals surface area contributed by atoms with Crippen LogP contribution in [0.1, 0.15) is 56.6 Å². The molecule has 0 radical (unpaired) electrons. The van der Waals surface area contributed by atoms with Crippen molar-refractivity contribution in [2.24, 2.45) is 5.41 Å². The summed E-state index contributed by atoms with van der Waals surface area (Å²) in [7, 11) is -3.52. The molecule has 3 nitrogen and oxygen atoms in total. The van der Waals surface area contributed by atoms with Gasteiger partial charge in [-0.25, -0.2) is 8.42 Å². The number of hydrogen-bond acceptors (Lipinski definition) is 3. The smallest absolute Gasteiger partial charge is 0.179 e. The second-order valence-electron chi connectivity index (χ2n) is 7.24. The third-order valence-corrected chi connectivity index (χ3v) is 7.61. The van der Waals surface area contributed by atoms with Gasteiger partial charge < -0.3 is 0 Å². The minimum absolute atomic E-state index is 0.0492. The van der Waals surface area contributed by atoms with Gasteiger partial charge in [-0.3, -0.25) is 4.79 Å². The molecule has 0 amide bonds. The summed E-state index contributed by atoms with van der Waals surface area (Å²) in [6.07, 6.45) is 2.96. The number of rotatable bonds is 5. The predicted molar refractivity (Wildman–Crippen MR) is 104 cm³/mol. The van der Waals surface area contributed by atoms with Gasteiger partial charge in [0.25, 0.3) is 0 Å². The van der Waals surface area contributed by atoms with Crippen LogP contribution in [0, 0.1) is 5.41 Å². The fraction of sp³-hybridized carbons (Fsp3) is 0.409. The Morgan fingerprint density at radius 3 is 2.31 bits per heavy atom. The Morgan fingerprint density at radius 2 is 1.65 bits per heavy atom.